The predicted octanol–water partition coefficient (Wildman–Crippen LogP) is 2.49. The molecule has 1 atom stereocenters. The number of nitrogens with one attached hydrogen (secondary N) is 2. The first-order valence-corrected chi connectivity index (χ1v) is 5.85. The van der Waals surface area contributed by atoms with Crippen LogP contribution in [-0.4, -0.2) is 11.8 Å². The second-order valence-corrected chi connectivity index (χ2v) is 4.60. The van der Waals surface area contributed by atoms with E-state index < -0.39 is 0 Å². The lowest BCUT2D eigenvalue weighted by Gasteiger charge is -2.13. The Bertz CT molecular complexity index is 350. The van der Waals surface area contributed by atoms with Gasteiger partial charge in [0.1, 0.15) is 0 Å². The fraction of sp³-hybridized carbons (Fsp3) is 0.364. The number of anilines is 1. The number of hydrazine groups is 1. The van der Waals surface area contributed by atoms with E-state index in [9.17, 15) is 4.79 Å². The Kier molecular flexibility index (Phi) is 3.38. The van der Waals surface area contributed by atoms with Crippen LogP contribution in [-0.2, 0) is 4.79 Å². The zero-order chi connectivity index (χ0) is 10.7. The van der Waals surface area contributed by atoms with E-state index in [-0.39, 0.29) is 6.04 Å². The average molecular weight is 269 g/mol. The molecular formula is C11H13BrN2O. The number of halogens is 1. The molecule has 0 bridgehead atoms. The third-order valence-electron chi connectivity index (χ3n) is 2.54. The molecule has 2 N–H and O–H groups in total. The van der Waals surface area contributed by atoms with Crippen molar-refractivity contribution in [1.82, 2.24) is 5.43 Å². The summed E-state index contributed by atoms with van der Waals surface area (Å²) in [6, 6.07) is 7.81. The summed E-state index contributed by atoms with van der Waals surface area (Å²) in [5.74, 6) is 0.305. The number of Topliss-reactive ketones (excluding diaryl/α,β-unsaturated/α-hetero) is 1. The van der Waals surface area contributed by atoms with Crippen molar-refractivity contribution in [2.24, 2.45) is 0 Å². The van der Waals surface area contributed by atoms with Gasteiger partial charge in [0.05, 0.1) is 6.04 Å². The zero-order valence-electron chi connectivity index (χ0n) is 8.29. The van der Waals surface area contributed by atoms with Gasteiger partial charge >= 0.3 is 0 Å². The van der Waals surface area contributed by atoms with Gasteiger partial charge in [0, 0.05) is 16.6 Å². The van der Waals surface area contributed by atoms with Gasteiger partial charge in [0.15, 0.2) is 5.78 Å². The molecule has 1 fully saturated rings. The van der Waals surface area contributed by atoms with Crippen molar-refractivity contribution in [2.75, 3.05) is 5.43 Å². The summed E-state index contributed by atoms with van der Waals surface area (Å²) >= 11 is 3.37. The van der Waals surface area contributed by atoms with Crippen molar-refractivity contribution in [1.29, 1.82) is 0 Å². The molecule has 2 rings (SSSR count). The monoisotopic (exact) mass is 268 g/mol. The molecule has 0 amide bonds. The molecule has 0 aromatic heterocycles. The van der Waals surface area contributed by atoms with Crippen molar-refractivity contribution in [3.05, 3.63) is 28.7 Å². The minimum absolute atomic E-state index is 0.0198. The average Bonchev–Trinajstić information content (AvgIpc) is 2.63. The lowest BCUT2D eigenvalue weighted by Crippen LogP contribution is -2.36. The third kappa shape index (κ3) is 2.79. The Labute approximate surface area is 97.3 Å². The summed E-state index contributed by atoms with van der Waals surface area (Å²) in [6.45, 7) is 0. The van der Waals surface area contributed by atoms with E-state index in [2.05, 4.69) is 26.8 Å². The number of carbonyl (C=O) groups excluding carboxylic acids is 1. The van der Waals surface area contributed by atoms with Crippen LogP contribution in [0.5, 0.6) is 0 Å². The molecule has 1 aliphatic rings. The summed E-state index contributed by atoms with van der Waals surface area (Å²) < 4.78 is 1.05. The Balaban J connectivity index is 1.87. The molecule has 15 heavy (non-hydrogen) atoms. The van der Waals surface area contributed by atoms with Crippen LogP contribution in [0.15, 0.2) is 28.7 Å². The number of rotatable bonds is 3. The Hall–Kier alpha value is -0.870. The highest BCUT2D eigenvalue weighted by Gasteiger charge is 2.23. The van der Waals surface area contributed by atoms with Gasteiger partial charge in [-0.15, -0.1) is 0 Å². The van der Waals surface area contributed by atoms with Gasteiger partial charge in [0.25, 0.3) is 0 Å². The van der Waals surface area contributed by atoms with Crippen LogP contribution in [0.1, 0.15) is 19.3 Å². The molecule has 0 radical (unpaired) electrons. The van der Waals surface area contributed by atoms with E-state index >= 15 is 0 Å². The maximum Gasteiger partial charge on any atom is 0.151 e. The molecule has 1 aromatic rings. The summed E-state index contributed by atoms with van der Waals surface area (Å²) in [4.78, 5) is 11.3. The van der Waals surface area contributed by atoms with Crippen LogP contribution in [0, 0.1) is 0 Å². The first-order valence-electron chi connectivity index (χ1n) is 5.05. The van der Waals surface area contributed by atoms with E-state index in [4.69, 9.17) is 0 Å². The van der Waals surface area contributed by atoms with Gasteiger partial charge in [-0.2, -0.15) is 0 Å². The van der Waals surface area contributed by atoms with Crippen molar-refractivity contribution in [3.63, 3.8) is 0 Å². The van der Waals surface area contributed by atoms with Gasteiger partial charge in [-0.3, -0.25) is 4.79 Å². The molecule has 1 unspecified atom stereocenters. The summed E-state index contributed by atoms with van der Waals surface area (Å²) in [5.41, 5.74) is 7.08. The lowest BCUT2D eigenvalue weighted by atomic mass is 10.2. The Morgan fingerprint density at radius 3 is 2.60 bits per heavy atom. The third-order valence-corrected chi connectivity index (χ3v) is 3.07. The fourth-order valence-corrected chi connectivity index (χ4v) is 1.94. The van der Waals surface area contributed by atoms with Gasteiger partial charge < -0.3 is 5.43 Å². The van der Waals surface area contributed by atoms with Crippen LogP contribution in [0.2, 0.25) is 0 Å². The number of hydrogen-bond acceptors (Lipinski definition) is 3. The van der Waals surface area contributed by atoms with Gasteiger partial charge in [-0.1, -0.05) is 15.9 Å². The van der Waals surface area contributed by atoms with E-state index in [0.717, 1.165) is 23.0 Å². The molecule has 0 aliphatic heterocycles. The van der Waals surface area contributed by atoms with E-state index in [1.807, 2.05) is 24.3 Å². The van der Waals surface area contributed by atoms with E-state index in [1.165, 1.54) is 0 Å². The first kappa shape index (κ1) is 10.6. The molecule has 80 valence electrons. The van der Waals surface area contributed by atoms with Crippen molar-refractivity contribution in [3.8, 4) is 0 Å². The molecular weight excluding hydrogens is 256 g/mol. The highest BCUT2D eigenvalue weighted by atomic mass is 79.9. The van der Waals surface area contributed by atoms with Crippen LogP contribution in [0.3, 0.4) is 0 Å². The highest BCUT2D eigenvalue weighted by molar-refractivity contribution is 9.10. The fourth-order valence-electron chi connectivity index (χ4n) is 1.67. The number of carbonyl (C=O) groups is 1. The minimum atomic E-state index is -0.0198. The Morgan fingerprint density at radius 1 is 1.27 bits per heavy atom. The van der Waals surface area contributed by atoms with Gasteiger partial charge in [-0.25, -0.2) is 5.43 Å². The molecule has 0 spiro atoms. The van der Waals surface area contributed by atoms with Crippen molar-refractivity contribution in [2.45, 2.75) is 25.3 Å². The normalized spacial score (nSPS) is 20.6. The van der Waals surface area contributed by atoms with Crippen LogP contribution >= 0.6 is 15.9 Å². The quantitative estimate of drug-likeness (QED) is 0.828. The molecule has 0 heterocycles. The maximum atomic E-state index is 11.3. The molecule has 1 saturated carbocycles. The summed E-state index contributed by atoms with van der Waals surface area (Å²) in [5, 5.41) is 0. The largest absolute Gasteiger partial charge is 0.321 e. The highest BCUT2D eigenvalue weighted by Crippen LogP contribution is 2.16. The second kappa shape index (κ2) is 4.77. The van der Waals surface area contributed by atoms with E-state index in [1.54, 1.807) is 0 Å². The van der Waals surface area contributed by atoms with Crippen LogP contribution < -0.4 is 10.9 Å². The summed E-state index contributed by atoms with van der Waals surface area (Å²) in [6.07, 6.45) is 2.64. The zero-order valence-corrected chi connectivity index (χ0v) is 9.88. The summed E-state index contributed by atoms with van der Waals surface area (Å²) in [7, 11) is 0. The number of ketones is 1. The predicted molar refractivity (Wildman–Crippen MR) is 63.5 cm³/mol. The lowest BCUT2D eigenvalue weighted by molar-refractivity contribution is -0.119. The second-order valence-electron chi connectivity index (χ2n) is 3.69. The van der Waals surface area contributed by atoms with Crippen molar-refractivity contribution >= 4 is 27.4 Å². The molecule has 1 aromatic carbocycles. The SMILES string of the molecule is O=C1CCCC1NNc1ccc(Br)cc1. The smallest absolute Gasteiger partial charge is 0.151 e. The number of hydrogen-bond donors (Lipinski definition) is 2. The molecule has 4 heteroatoms. The van der Waals surface area contributed by atoms with Crippen LogP contribution in [0.4, 0.5) is 5.69 Å². The Morgan fingerprint density at radius 2 is 2.00 bits per heavy atom. The topological polar surface area (TPSA) is 41.1 Å². The van der Waals surface area contributed by atoms with Gasteiger partial charge in [0.2, 0.25) is 0 Å². The standard InChI is InChI=1S/C11H13BrN2O/c12-8-4-6-9(7-5-8)13-14-10-2-1-3-11(10)15/h4-7,10,13-14H,1-3H2. The maximum absolute atomic E-state index is 11.3. The minimum Gasteiger partial charge on any atom is -0.321 e. The first-order chi connectivity index (χ1) is 7.25. The molecule has 0 saturated heterocycles. The van der Waals surface area contributed by atoms with Crippen molar-refractivity contribution < 1.29 is 4.79 Å². The number of benzene rings is 1. The molecule has 3 nitrogen and oxygen atoms in total. The van der Waals surface area contributed by atoms with E-state index in [0.29, 0.717) is 12.2 Å². The van der Waals surface area contributed by atoms with Crippen LogP contribution in [0.25, 0.3) is 0 Å². The van der Waals surface area contributed by atoms with Gasteiger partial charge in [-0.05, 0) is 37.1 Å². The molecule has 1 aliphatic carbocycles.